The van der Waals surface area contributed by atoms with Crippen molar-refractivity contribution >= 4 is 15.9 Å². The molecule has 1 aromatic carbocycles. The summed E-state index contributed by atoms with van der Waals surface area (Å²) >= 11 is 3.49. The van der Waals surface area contributed by atoms with Crippen LogP contribution in [-0.2, 0) is 13.2 Å². The van der Waals surface area contributed by atoms with Crippen molar-refractivity contribution in [3.63, 3.8) is 0 Å². The maximum absolute atomic E-state index is 5.87. The zero-order valence-electron chi connectivity index (χ0n) is 10.9. The fraction of sp³-hybridized carbons (Fsp3) is 0.267. The Morgan fingerprint density at radius 1 is 1.32 bits per heavy atom. The third kappa shape index (κ3) is 4.33. The number of aromatic nitrogens is 1. The highest BCUT2D eigenvalue weighted by molar-refractivity contribution is 9.10. The first-order chi connectivity index (χ1) is 9.29. The van der Waals surface area contributed by atoms with E-state index in [1.807, 2.05) is 30.5 Å². The Hall–Kier alpha value is -1.39. The van der Waals surface area contributed by atoms with Crippen molar-refractivity contribution in [1.82, 2.24) is 10.3 Å². The number of pyridine rings is 1. The molecule has 0 aliphatic rings. The maximum Gasteiger partial charge on any atom is 0.124 e. The molecule has 2 aromatic rings. The lowest BCUT2D eigenvalue weighted by Crippen LogP contribution is -2.13. The molecule has 0 atom stereocenters. The molecule has 2 rings (SSSR count). The van der Waals surface area contributed by atoms with E-state index in [1.54, 1.807) is 6.20 Å². The Bertz CT molecular complexity index is 517. The molecule has 0 saturated heterocycles. The van der Waals surface area contributed by atoms with Crippen LogP contribution in [0.2, 0.25) is 0 Å². The van der Waals surface area contributed by atoms with Gasteiger partial charge in [0.2, 0.25) is 0 Å². The van der Waals surface area contributed by atoms with Gasteiger partial charge in [-0.05, 0) is 30.8 Å². The molecule has 0 aliphatic carbocycles. The number of rotatable bonds is 6. The summed E-state index contributed by atoms with van der Waals surface area (Å²) in [6, 6.07) is 10.00. The topological polar surface area (TPSA) is 34.1 Å². The predicted octanol–water partition coefficient (Wildman–Crippen LogP) is 3.53. The minimum Gasteiger partial charge on any atom is -0.489 e. The van der Waals surface area contributed by atoms with Gasteiger partial charge in [-0.25, -0.2) is 0 Å². The van der Waals surface area contributed by atoms with Crippen LogP contribution >= 0.6 is 15.9 Å². The molecule has 0 spiro atoms. The molecule has 4 heteroatoms. The van der Waals surface area contributed by atoms with E-state index in [0.717, 1.165) is 34.4 Å². The van der Waals surface area contributed by atoms with Gasteiger partial charge in [-0.15, -0.1) is 0 Å². The molecule has 3 nitrogen and oxygen atoms in total. The van der Waals surface area contributed by atoms with E-state index < -0.39 is 0 Å². The number of nitrogens with zero attached hydrogens (tertiary/aromatic N) is 1. The molecule has 0 aliphatic heterocycles. The number of benzene rings is 1. The van der Waals surface area contributed by atoms with Crippen LogP contribution in [-0.4, -0.2) is 11.5 Å². The van der Waals surface area contributed by atoms with Crippen LogP contribution in [0.25, 0.3) is 0 Å². The molecule has 19 heavy (non-hydrogen) atoms. The van der Waals surface area contributed by atoms with Gasteiger partial charge in [0.1, 0.15) is 12.4 Å². The lowest BCUT2D eigenvalue weighted by Gasteiger charge is -2.12. The van der Waals surface area contributed by atoms with Crippen LogP contribution in [0.3, 0.4) is 0 Å². The molecule has 100 valence electrons. The quantitative estimate of drug-likeness (QED) is 0.884. The summed E-state index contributed by atoms with van der Waals surface area (Å²) in [5, 5.41) is 3.32. The van der Waals surface area contributed by atoms with Gasteiger partial charge in [0.15, 0.2) is 0 Å². The average Bonchev–Trinajstić information content (AvgIpc) is 2.45. The number of hydrogen-bond acceptors (Lipinski definition) is 3. The zero-order valence-corrected chi connectivity index (χ0v) is 12.5. The van der Waals surface area contributed by atoms with E-state index in [4.69, 9.17) is 4.74 Å². The maximum atomic E-state index is 5.87. The molecule has 1 heterocycles. The number of halogens is 1. The Morgan fingerprint density at radius 2 is 2.21 bits per heavy atom. The first kappa shape index (κ1) is 14.0. The van der Waals surface area contributed by atoms with E-state index >= 15 is 0 Å². The van der Waals surface area contributed by atoms with Crippen molar-refractivity contribution in [2.45, 2.75) is 20.1 Å². The van der Waals surface area contributed by atoms with Crippen LogP contribution in [0.4, 0.5) is 0 Å². The number of nitrogens with one attached hydrogen (secondary N) is 1. The van der Waals surface area contributed by atoms with Gasteiger partial charge >= 0.3 is 0 Å². The summed E-state index contributed by atoms with van der Waals surface area (Å²) in [7, 11) is 0. The zero-order chi connectivity index (χ0) is 13.5. The number of hydrogen-bond donors (Lipinski definition) is 1. The minimum atomic E-state index is 0.536. The van der Waals surface area contributed by atoms with E-state index in [9.17, 15) is 0 Å². The normalized spacial score (nSPS) is 10.4. The summed E-state index contributed by atoms with van der Waals surface area (Å²) in [5.41, 5.74) is 2.22. The Balaban J connectivity index is 2.06. The van der Waals surface area contributed by atoms with Gasteiger partial charge in [0, 0.05) is 34.5 Å². The van der Waals surface area contributed by atoms with E-state index in [0.29, 0.717) is 6.61 Å². The fourth-order valence-electron chi connectivity index (χ4n) is 1.73. The van der Waals surface area contributed by atoms with Crippen LogP contribution < -0.4 is 10.1 Å². The van der Waals surface area contributed by atoms with Crippen molar-refractivity contribution in [2.24, 2.45) is 0 Å². The smallest absolute Gasteiger partial charge is 0.124 e. The largest absolute Gasteiger partial charge is 0.489 e. The highest BCUT2D eigenvalue weighted by Gasteiger charge is 2.04. The van der Waals surface area contributed by atoms with Crippen molar-refractivity contribution in [2.75, 3.05) is 6.54 Å². The second-order valence-electron chi connectivity index (χ2n) is 4.18. The lowest BCUT2D eigenvalue weighted by atomic mass is 10.2. The van der Waals surface area contributed by atoms with E-state index in [2.05, 4.69) is 39.2 Å². The first-order valence-corrected chi connectivity index (χ1v) is 7.09. The van der Waals surface area contributed by atoms with E-state index in [1.165, 1.54) is 0 Å². The molecule has 1 N–H and O–H groups in total. The van der Waals surface area contributed by atoms with Crippen molar-refractivity contribution < 1.29 is 4.74 Å². The lowest BCUT2D eigenvalue weighted by molar-refractivity contribution is 0.301. The highest BCUT2D eigenvalue weighted by Crippen LogP contribution is 2.24. The van der Waals surface area contributed by atoms with Crippen LogP contribution in [0.5, 0.6) is 5.75 Å². The van der Waals surface area contributed by atoms with Crippen LogP contribution in [0.1, 0.15) is 18.1 Å². The highest BCUT2D eigenvalue weighted by atomic mass is 79.9. The van der Waals surface area contributed by atoms with Gasteiger partial charge in [-0.2, -0.15) is 0 Å². The van der Waals surface area contributed by atoms with Crippen molar-refractivity contribution in [3.05, 3.63) is 58.3 Å². The average molecular weight is 321 g/mol. The molecule has 1 aromatic heterocycles. The Labute approximate surface area is 122 Å². The van der Waals surface area contributed by atoms with Crippen LogP contribution in [0.15, 0.2) is 47.2 Å². The molecule has 0 fully saturated rings. The summed E-state index contributed by atoms with van der Waals surface area (Å²) in [6.45, 7) is 4.37. The SMILES string of the molecule is CCNCc1cc(Br)ccc1OCc1cccnc1. The molecule has 0 saturated carbocycles. The monoisotopic (exact) mass is 320 g/mol. The number of ether oxygens (including phenoxy) is 1. The second-order valence-corrected chi connectivity index (χ2v) is 5.10. The molecule has 0 amide bonds. The standard InChI is InChI=1S/C15H17BrN2O/c1-2-17-10-13-8-14(16)5-6-15(13)19-11-12-4-3-7-18-9-12/h3-9,17H,2,10-11H2,1H3. The summed E-state index contributed by atoms with van der Waals surface area (Å²) < 4.78 is 6.94. The predicted molar refractivity (Wildman–Crippen MR) is 80.1 cm³/mol. The Morgan fingerprint density at radius 3 is 2.95 bits per heavy atom. The van der Waals surface area contributed by atoms with Gasteiger partial charge in [-0.3, -0.25) is 4.98 Å². The third-order valence-corrected chi connectivity index (χ3v) is 3.20. The summed E-state index contributed by atoms with van der Waals surface area (Å²) in [5.74, 6) is 0.910. The minimum absolute atomic E-state index is 0.536. The first-order valence-electron chi connectivity index (χ1n) is 6.30. The molecule has 0 bridgehead atoms. The summed E-state index contributed by atoms with van der Waals surface area (Å²) in [4.78, 5) is 4.08. The van der Waals surface area contributed by atoms with Crippen LogP contribution in [0, 0.1) is 0 Å². The molecule has 0 radical (unpaired) electrons. The van der Waals surface area contributed by atoms with Crippen molar-refractivity contribution in [1.29, 1.82) is 0 Å². The fourth-order valence-corrected chi connectivity index (χ4v) is 2.14. The summed E-state index contributed by atoms with van der Waals surface area (Å²) in [6.07, 6.45) is 3.59. The van der Waals surface area contributed by atoms with Crippen molar-refractivity contribution in [3.8, 4) is 5.75 Å². The Kier molecular flexibility index (Phi) is 5.36. The van der Waals surface area contributed by atoms with Gasteiger partial charge in [-0.1, -0.05) is 28.9 Å². The molecular formula is C15H17BrN2O. The second kappa shape index (κ2) is 7.26. The third-order valence-electron chi connectivity index (χ3n) is 2.71. The van der Waals surface area contributed by atoms with Gasteiger partial charge in [0.25, 0.3) is 0 Å². The van der Waals surface area contributed by atoms with E-state index in [-0.39, 0.29) is 0 Å². The molecule has 0 unspecified atom stereocenters. The van der Waals surface area contributed by atoms with Gasteiger partial charge in [0.05, 0.1) is 0 Å². The van der Waals surface area contributed by atoms with Gasteiger partial charge < -0.3 is 10.1 Å². The molecular weight excluding hydrogens is 304 g/mol.